The molecule has 3 heterocycles. The van der Waals surface area contributed by atoms with Crippen molar-refractivity contribution in [3.8, 4) is 22.9 Å². The third-order valence-electron chi connectivity index (χ3n) is 7.08. The van der Waals surface area contributed by atoms with Crippen LogP contribution < -0.4 is 10.5 Å². The molecule has 1 aliphatic carbocycles. The minimum Gasteiger partial charge on any atom is -0.434 e. The first-order chi connectivity index (χ1) is 15.8. The number of ether oxygens (including phenoxy) is 1. The van der Waals surface area contributed by atoms with Crippen molar-refractivity contribution in [1.29, 1.82) is 0 Å². The van der Waals surface area contributed by atoms with E-state index in [1.807, 2.05) is 17.8 Å². The molecule has 1 aromatic carbocycles. The number of nitrogens with zero attached hydrogens (tertiary/aromatic N) is 5. The molecule has 1 atom stereocenters. The fraction of sp³-hybridized carbons (Fsp3) is 0.480. The second-order valence-corrected chi connectivity index (χ2v) is 9.85. The molecule has 2 aromatic heterocycles. The first kappa shape index (κ1) is 22.0. The molecule has 5 rings (SSSR count). The van der Waals surface area contributed by atoms with E-state index in [4.69, 9.17) is 15.5 Å². The number of benzene rings is 1. The van der Waals surface area contributed by atoms with Crippen molar-refractivity contribution in [3.63, 3.8) is 0 Å². The predicted octanol–water partition coefficient (Wildman–Crippen LogP) is 3.58. The smallest absolute Gasteiger partial charge is 0.238 e. The van der Waals surface area contributed by atoms with Crippen LogP contribution in [0.2, 0.25) is 0 Å². The topological polar surface area (TPSA) is 102 Å². The lowest BCUT2D eigenvalue weighted by Gasteiger charge is -2.32. The molecule has 0 saturated heterocycles. The van der Waals surface area contributed by atoms with Gasteiger partial charge < -0.3 is 15.6 Å². The zero-order chi connectivity index (χ0) is 23.2. The second kappa shape index (κ2) is 8.52. The molecule has 174 valence electrons. The summed E-state index contributed by atoms with van der Waals surface area (Å²) in [6.07, 6.45) is 11.3. The van der Waals surface area contributed by atoms with E-state index in [-0.39, 0.29) is 12.2 Å². The fourth-order valence-electron chi connectivity index (χ4n) is 4.94. The number of aromatic nitrogens is 4. The lowest BCUT2D eigenvalue weighted by atomic mass is 9.84. The maximum absolute atomic E-state index is 10.2. The Hall–Kier alpha value is -2.81. The van der Waals surface area contributed by atoms with E-state index < -0.39 is 5.60 Å². The van der Waals surface area contributed by atoms with Crippen LogP contribution in [0.5, 0.6) is 11.6 Å². The SMILES string of the molecule is Cc1cc(-c2cncc(Oc3cnn(C4CCC(C)(O)CC4)c3)n2)cc2c1CC(N)N(C)C2. The maximum atomic E-state index is 10.2. The third-order valence-corrected chi connectivity index (χ3v) is 7.08. The van der Waals surface area contributed by atoms with E-state index >= 15 is 0 Å². The minimum absolute atomic E-state index is 0.0567. The molecule has 1 aliphatic heterocycles. The van der Waals surface area contributed by atoms with Gasteiger partial charge in [-0.2, -0.15) is 5.10 Å². The summed E-state index contributed by atoms with van der Waals surface area (Å²) in [6, 6.07) is 4.62. The Kier molecular flexibility index (Phi) is 5.68. The number of hydrogen-bond donors (Lipinski definition) is 2. The fourth-order valence-corrected chi connectivity index (χ4v) is 4.94. The molecule has 0 amide bonds. The van der Waals surface area contributed by atoms with Crippen LogP contribution in [0.1, 0.15) is 55.3 Å². The van der Waals surface area contributed by atoms with Crippen LogP contribution in [0.15, 0.2) is 36.9 Å². The van der Waals surface area contributed by atoms with Crippen molar-refractivity contribution in [2.45, 2.75) is 70.3 Å². The molecule has 1 saturated carbocycles. The predicted molar refractivity (Wildman–Crippen MR) is 126 cm³/mol. The number of hydrogen-bond acceptors (Lipinski definition) is 7. The van der Waals surface area contributed by atoms with Crippen LogP contribution in [-0.2, 0) is 13.0 Å². The van der Waals surface area contributed by atoms with Crippen molar-refractivity contribution >= 4 is 0 Å². The number of rotatable bonds is 4. The van der Waals surface area contributed by atoms with Crippen LogP contribution in [-0.4, -0.2) is 48.6 Å². The number of aryl methyl sites for hydroxylation is 1. The molecular formula is C25H32N6O2. The van der Waals surface area contributed by atoms with Crippen LogP contribution in [0.25, 0.3) is 11.3 Å². The molecule has 0 bridgehead atoms. The summed E-state index contributed by atoms with van der Waals surface area (Å²) in [5, 5.41) is 14.7. The molecule has 8 nitrogen and oxygen atoms in total. The van der Waals surface area contributed by atoms with Crippen LogP contribution in [0.4, 0.5) is 0 Å². The molecule has 33 heavy (non-hydrogen) atoms. The molecule has 3 N–H and O–H groups in total. The molecule has 0 spiro atoms. The summed E-state index contributed by atoms with van der Waals surface area (Å²) >= 11 is 0. The van der Waals surface area contributed by atoms with E-state index in [2.05, 4.69) is 41.1 Å². The van der Waals surface area contributed by atoms with Gasteiger partial charge in [-0.25, -0.2) is 4.98 Å². The average Bonchev–Trinajstić information content (AvgIpc) is 3.23. The Balaban J connectivity index is 1.33. The Morgan fingerprint density at radius 3 is 2.76 bits per heavy atom. The van der Waals surface area contributed by atoms with E-state index in [1.165, 1.54) is 16.7 Å². The molecule has 2 aliphatic rings. The van der Waals surface area contributed by atoms with Gasteiger partial charge in [-0.3, -0.25) is 14.6 Å². The summed E-state index contributed by atoms with van der Waals surface area (Å²) in [5.74, 6) is 1.07. The molecule has 8 heteroatoms. The van der Waals surface area contributed by atoms with Gasteiger partial charge in [0.15, 0.2) is 5.75 Å². The summed E-state index contributed by atoms with van der Waals surface area (Å²) in [7, 11) is 2.06. The Morgan fingerprint density at radius 2 is 1.97 bits per heavy atom. The second-order valence-electron chi connectivity index (χ2n) is 9.85. The van der Waals surface area contributed by atoms with Crippen molar-refractivity contribution in [2.75, 3.05) is 7.05 Å². The quantitative estimate of drug-likeness (QED) is 0.629. The van der Waals surface area contributed by atoms with Crippen LogP contribution in [0, 0.1) is 6.92 Å². The van der Waals surface area contributed by atoms with Gasteiger partial charge in [-0.05, 0) is 75.4 Å². The van der Waals surface area contributed by atoms with Crippen LogP contribution in [0.3, 0.4) is 0 Å². The first-order valence-electron chi connectivity index (χ1n) is 11.6. The number of nitrogens with two attached hydrogens (primary N) is 1. The van der Waals surface area contributed by atoms with Crippen LogP contribution >= 0.6 is 0 Å². The van der Waals surface area contributed by atoms with Gasteiger partial charge in [-0.15, -0.1) is 0 Å². The van der Waals surface area contributed by atoms with E-state index in [0.717, 1.165) is 49.9 Å². The normalized spacial score (nSPS) is 25.6. The van der Waals surface area contributed by atoms with Crippen molar-refractivity contribution in [1.82, 2.24) is 24.6 Å². The van der Waals surface area contributed by atoms with Gasteiger partial charge in [0, 0.05) is 18.5 Å². The van der Waals surface area contributed by atoms with Gasteiger partial charge in [0.25, 0.3) is 0 Å². The highest BCUT2D eigenvalue weighted by atomic mass is 16.5. The van der Waals surface area contributed by atoms with Gasteiger partial charge >= 0.3 is 0 Å². The van der Waals surface area contributed by atoms with Gasteiger partial charge in [0.2, 0.25) is 5.88 Å². The van der Waals surface area contributed by atoms with Crippen molar-refractivity contribution in [3.05, 3.63) is 53.6 Å². The summed E-state index contributed by atoms with van der Waals surface area (Å²) in [5.41, 5.74) is 11.3. The molecule has 1 unspecified atom stereocenters. The summed E-state index contributed by atoms with van der Waals surface area (Å²) < 4.78 is 7.94. The molecule has 1 fully saturated rings. The van der Waals surface area contributed by atoms with E-state index in [1.54, 1.807) is 18.6 Å². The van der Waals surface area contributed by atoms with Gasteiger partial charge in [-0.1, -0.05) is 0 Å². The average molecular weight is 449 g/mol. The third kappa shape index (κ3) is 4.64. The standard InChI is InChI=1S/C25H32N6O2/c1-16-8-17(9-18-14-30(3)23(26)10-21(16)18)22-12-27-13-24(29-22)33-20-11-28-31(15-20)19-4-6-25(2,32)7-5-19/h8-9,11-13,15,19,23,32H,4-7,10,14,26H2,1-3H3. The lowest BCUT2D eigenvalue weighted by molar-refractivity contribution is 0.00850. The number of aliphatic hydroxyl groups is 1. The monoisotopic (exact) mass is 448 g/mol. The minimum atomic E-state index is -0.560. The Labute approximate surface area is 194 Å². The summed E-state index contributed by atoms with van der Waals surface area (Å²) in [6.45, 7) is 4.86. The Morgan fingerprint density at radius 1 is 1.18 bits per heavy atom. The van der Waals surface area contributed by atoms with E-state index in [0.29, 0.717) is 11.6 Å². The lowest BCUT2D eigenvalue weighted by Crippen LogP contribution is -2.44. The highest BCUT2D eigenvalue weighted by Crippen LogP contribution is 2.35. The highest BCUT2D eigenvalue weighted by Gasteiger charge is 2.30. The molecular weight excluding hydrogens is 416 g/mol. The molecule has 0 radical (unpaired) electrons. The summed E-state index contributed by atoms with van der Waals surface area (Å²) in [4.78, 5) is 11.2. The zero-order valence-corrected chi connectivity index (χ0v) is 19.5. The largest absolute Gasteiger partial charge is 0.434 e. The first-order valence-corrected chi connectivity index (χ1v) is 11.6. The number of likely N-dealkylation sites (N-methyl/N-ethyl adjacent to an activating group) is 1. The zero-order valence-electron chi connectivity index (χ0n) is 19.5. The van der Waals surface area contributed by atoms with Gasteiger partial charge in [0.05, 0.1) is 48.3 Å². The van der Waals surface area contributed by atoms with E-state index in [9.17, 15) is 5.11 Å². The maximum Gasteiger partial charge on any atom is 0.238 e. The van der Waals surface area contributed by atoms with Gasteiger partial charge in [0.1, 0.15) is 0 Å². The van der Waals surface area contributed by atoms with Crippen molar-refractivity contribution < 1.29 is 9.84 Å². The highest BCUT2D eigenvalue weighted by molar-refractivity contribution is 5.63. The van der Waals surface area contributed by atoms with Crippen molar-refractivity contribution in [2.24, 2.45) is 5.73 Å². The Bertz CT molecular complexity index is 1150. The number of fused-ring (bicyclic) bond motifs is 1. The molecule has 3 aromatic rings.